The fourth-order valence-corrected chi connectivity index (χ4v) is 4.82. The Bertz CT molecular complexity index is 1110. The number of hydrogen-bond donors (Lipinski definition) is 1. The van der Waals surface area contributed by atoms with Gasteiger partial charge in [-0.2, -0.15) is 0 Å². The first kappa shape index (κ1) is 20.1. The van der Waals surface area contributed by atoms with Gasteiger partial charge in [0.1, 0.15) is 10.7 Å². The van der Waals surface area contributed by atoms with Crippen molar-refractivity contribution in [3.05, 3.63) is 76.5 Å². The van der Waals surface area contributed by atoms with E-state index in [1.807, 2.05) is 40.7 Å². The lowest BCUT2D eigenvalue weighted by molar-refractivity contribution is 0.596. The van der Waals surface area contributed by atoms with Gasteiger partial charge in [-0.25, -0.2) is 13.4 Å². The van der Waals surface area contributed by atoms with Gasteiger partial charge in [0.25, 0.3) is 0 Å². The summed E-state index contributed by atoms with van der Waals surface area (Å²) in [5.41, 5.74) is 5.91. The van der Waals surface area contributed by atoms with Gasteiger partial charge in [-0.05, 0) is 75.1 Å². The van der Waals surface area contributed by atoms with Crippen molar-refractivity contribution in [3.8, 4) is 0 Å². The highest BCUT2D eigenvalue weighted by molar-refractivity contribution is 7.91. The van der Waals surface area contributed by atoms with E-state index < -0.39 is 9.84 Å². The van der Waals surface area contributed by atoms with Crippen LogP contribution >= 0.6 is 0 Å². The monoisotopic (exact) mass is 394 g/mol. The molecule has 0 saturated heterocycles. The van der Waals surface area contributed by atoms with Crippen molar-refractivity contribution in [2.24, 2.45) is 0 Å². The molecule has 0 aliphatic rings. The van der Waals surface area contributed by atoms with Crippen molar-refractivity contribution in [1.82, 2.24) is 4.98 Å². The van der Waals surface area contributed by atoms with Crippen LogP contribution in [0.5, 0.6) is 0 Å². The van der Waals surface area contributed by atoms with Gasteiger partial charge < -0.3 is 5.32 Å². The molecule has 0 amide bonds. The zero-order valence-corrected chi connectivity index (χ0v) is 17.8. The number of anilines is 2. The number of rotatable bonds is 5. The molecule has 0 radical (unpaired) electrons. The largest absolute Gasteiger partial charge is 0.339 e. The maximum atomic E-state index is 13.4. The number of aryl methyl sites for hydroxylation is 5. The van der Waals surface area contributed by atoms with Gasteiger partial charge in [0.2, 0.25) is 9.84 Å². The van der Waals surface area contributed by atoms with Gasteiger partial charge >= 0.3 is 0 Å². The summed E-state index contributed by atoms with van der Waals surface area (Å²) in [6.45, 7) is 9.93. The number of aromatic nitrogens is 1. The summed E-state index contributed by atoms with van der Waals surface area (Å²) >= 11 is 0. The molecular weight excluding hydrogens is 368 g/mol. The van der Waals surface area contributed by atoms with E-state index in [2.05, 4.69) is 22.4 Å². The first-order valence-corrected chi connectivity index (χ1v) is 10.9. The molecule has 0 unspecified atom stereocenters. The lowest BCUT2D eigenvalue weighted by Crippen LogP contribution is -2.09. The highest BCUT2D eigenvalue weighted by Crippen LogP contribution is 2.32. The summed E-state index contributed by atoms with van der Waals surface area (Å²) < 4.78 is 26.7. The van der Waals surface area contributed by atoms with Crippen LogP contribution in [0.15, 0.2) is 58.3 Å². The summed E-state index contributed by atoms with van der Waals surface area (Å²) in [5, 5.41) is 3.29. The van der Waals surface area contributed by atoms with Crippen molar-refractivity contribution in [2.45, 2.75) is 50.8 Å². The Morgan fingerprint density at radius 1 is 0.929 bits per heavy atom. The van der Waals surface area contributed by atoms with Crippen LogP contribution in [0.1, 0.15) is 34.9 Å². The van der Waals surface area contributed by atoms with E-state index >= 15 is 0 Å². The normalized spacial score (nSPS) is 11.5. The Balaban J connectivity index is 2.14. The summed E-state index contributed by atoms with van der Waals surface area (Å²) in [6.07, 6.45) is 0.780. The highest BCUT2D eigenvalue weighted by Gasteiger charge is 2.23. The lowest BCUT2D eigenvalue weighted by atomic mass is 10.1. The first-order chi connectivity index (χ1) is 13.2. The number of nitrogens with zero attached hydrogens (tertiary/aromatic N) is 1. The van der Waals surface area contributed by atoms with Gasteiger partial charge in [-0.15, -0.1) is 0 Å². The number of nitrogens with one attached hydrogen (secondary N) is 1. The molecule has 3 aromatic rings. The average Bonchev–Trinajstić information content (AvgIpc) is 2.64. The minimum absolute atomic E-state index is 0.186. The number of sulfone groups is 1. The second-order valence-electron chi connectivity index (χ2n) is 7.20. The van der Waals surface area contributed by atoms with E-state index in [4.69, 9.17) is 0 Å². The van der Waals surface area contributed by atoms with Crippen molar-refractivity contribution >= 4 is 21.3 Å². The molecule has 0 atom stereocenters. The Labute approximate surface area is 167 Å². The minimum atomic E-state index is -3.70. The van der Waals surface area contributed by atoms with Crippen molar-refractivity contribution in [1.29, 1.82) is 0 Å². The molecule has 0 bridgehead atoms. The maximum Gasteiger partial charge on any atom is 0.210 e. The second kappa shape index (κ2) is 7.76. The van der Waals surface area contributed by atoms with Gasteiger partial charge in [0, 0.05) is 11.4 Å². The van der Waals surface area contributed by atoms with E-state index in [0.29, 0.717) is 5.82 Å². The molecule has 146 valence electrons. The molecule has 1 heterocycles. The Kier molecular flexibility index (Phi) is 5.57. The van der Waals surface area contributed by atoms with E-state index in [-0.39, 0.29) is 9.79 Å². The zero-order valence-electron chi connectivity index (χ0n) is 17.0. The van der Waals surface area contributed by atoms with E-state index in [1.165, 1.54) is 5.56 Å². The summed E-state index contributed by atoms with van der Waals surface area (Å²) in [6, 6.07) is 14.6. The van der Waals surface area contributed by atoms with Gasteiger partial charge in [-0.1, -0.05) is 36.8 Å². The van der Waals surface area contributed by atoms with Crippen LogP contribution in [-0.4, -0.2) is 13.4 Å². The Morgan fingerprint density at radius 2 is 1.61 bits per heavy atom. The summed E-state index contributed by atoms with van der Waals surface area (Å²) in [5.74, 6) is 0.358. The van der Waals surface area contributed by atoms with Gasteiger partial charge in [-0.3, -0.25) is 0 Å². The fourth-order valence-electron chi connectivity index (χ4n) is 3.41. The molecule has 4 nitrogen and oxygen atoms in total. The molecule has 3 rings (SSSR count). The van der Waals surface area contributed by atoms with Gasteiger partial charge in [0.15, 0.2) is 0 Å². The average molecular weight is 395 g/mol. The van der Waals surface area contributed by atoms with Crippen LogP contribution in [0.2, 0.25) is 0 Å². The maximum absolute atomic E-state index is 13.4. The van der Waals surface area contributed by atoms with Gasteiger partial charge in [0.05, 0.1) is 4.90 Å². The van der Waals surface area contributed by atoms with Crippen molar-refractivity contribution in [2.75, 3.05) is 5.32 Å². The van der Waals surface area contributed by atoms with Crippen LogP contribution in [0.4, 0.5) is 11.5 Å². The van der Waals surface area contributed by atoms with Crippen LogP contribution in [0, 0.1) is 27.7 Å². The third-order valence-electron chi connectivity index (χ3n) is 4.82. The summed E-state index contributed by atoms with van der Waals surface area (Å²) in [7, 11) is -3.70. The predicted molar refractivity (Wildman–Crippen MR) is 114 cm³/mol. The SMILES string of the molecule is CCc1cccc(S(=O)(=O)c2ccc(C)nc2Nc2c(C)cc(C)cc2C)c1. The smallest absolute Gasteiger partial charge is 0.210 e. The molecule has 1 aromatic heterocycles. The van der Waals surface area contributed by atoms with Crippen LogP contribution in [0.25, 0.3) is 0 Å². The number of benzene rings is 2. The molecule has 0 spiro atoms. The third kappa shape index (κ3) is 3.94. The lowest BCUT2D eigenvalue weighted by Gasteiger charge is -2.17. The fraction of sp³-hybridized carbons (Fsp3) is 0.261. The molecule has 28 heavy (non-hydrogen) atoms. The summed E-state index contributed by atoms with van der Waals surface area (Å²) in [4.78, 5) is 4.99. The number of pyridine rings is 1. The molecule has 1 N–H and O–H groups in total. The quantitative estimate of drug-likeness (QED) is 0.625. The molecular formula is C23H26N2O2S. The highest BCUT2D eigenvalue weighted by atomic mass is 32.2. The van der Waals surface area contributed by atoms with Crippen molar-refractivity contribution in [3.63, 3.8) is 0 Å². The van der Waals surface area contributed by atoms with Crippen LogP contribution in [-0.2, 0) is 16.3 Å². The zero-order chi connectivity index (χ0) is 20.5. The van der Waals surface area contributed by atoms with Crippen LogP contribution < -0.4 is 5.32 Å². The molecule has 0 fully saturated rings. The topological polar surface area (TPSA) is 59.1 Å². The van der Waals surface area contributed by atoms with Crippen LogP contribution in [0.3, 0.4) is 0 Å². The molecule has 0 aliphatic heterocycles. The molecule has 0 saturated carbocycles. The van der Waals surface area contributed by atoms with E-state index in [9.17, 15) is 8.42 Å². The number of hydrogen-bond acceptors (Lipinski definition) is 4. The Morgan fingerprint density at radius 3 is 2.25 bits per heavy atom. The van der Waals surface area contributed by atoms with Crippen molar-refractivity contribution < 1.29 is 8.42 Å². The second-order valence-corrected chi connectivity index (χ2v) is 9.12. The minimum Gasteiger partial charge on any atom is -0.339 e. The van der Waals surface area contributed by atoms with E-state index in [0.717, 1.165) is 34.5 Å². The van der Waals surface area contributed by atoms with E-state index in [1.54, 1.807) is 30.3 Å². The third-order valence-corrected chi connectivity index (χ3v) is 6.61. The first-order valence-electron chi connectivity index (χ1n) is 9.39. The predicted octanol–water partition coefficient (Wildman–Crippen LogP) is 5.45. The molecule has 2 aromatic carbocycles. The standard InChI is InChI=1S/C23H26N2O2S/c1-6-19-8-7-9-20(14-19)28(26,27)21-11-10-18(5)24-23(21)25-22-16(3)12-15(2)13-17(22)4/h7-14H,6H2,1-5H3,(H,24,25). The Hall–Kier alpha value is -2.66. The molecule has 0 aliphatic carbocycles. The molecule has 5 heteroatoms.